The molecule has 4 rings (SSSR count). The monoisotopic (exact) mass is 484 g/mol. The van der Waals surface area contributed by atoms with E-state index in [2.05, 4.69) is 13.2 Å². The standard InChI is InChI=1S/C29H24O7/c1-3-23-25(35-28(31)21-15-9-5-10-16-21)26(36-29(32)22-17-11-6-12-18-22)24(19(2)33-23)34-27(30)20-13-7-4-8-14-20/h3-18,23-26H,1-2H2/t23-,24+,25-,26-/m0/s1. The van der Waals surface area contributed by atoms with E-state index in [1.807, 2.05) is 0 Å². The van der Waals surface area contributed by atoms with Gasteiger partial charge in [0.05, 0.1) is 16.7 Å². The van der Waals surface area contributed by atoms with E-state index in [1.165, 1.54) is 6.08 Å². The Morgan fingerprint density at radius 2 is 1.03 bits per heavy atom. The van der Waals surface area contributed by atoms with Crippen LogP contribution in [0, 0.1) is 0 Å². The zero-order valence-corrected chi connectivity index (χ0v) is 19.3. The molecule has 1 heterocycles. The number of hydrogen-bond acceptors (Lipinski definition) is 7. The second-order valence-electron chi connectivity index (χ2n) is 7.95. The third-order valence-electron chi connectivity index (χ3n) is 5.53. The van der Waals surface area contributed by atoms with E-state index >= 15 is 0 Å². The van der Waals surface area contributed by atoms with Gasteiger partial charge in [0.2, 0.25) is 0 Å². The zero-order chi connectivity index (χ0) is 25.5. The molecule has 1 saturated heterocycles. The van der Waals surface area contributed by atoms with E-state index in [4.69, 9.17) is 18.9 Å². The van der Waals surface area contributed by atoms with Crippen LogP contribution in [-0.2, 0) is 18.9 Å². The molecule has 0 bridgehead atoms. The first kappa shape index (κ1) is 24.5. The molecule has 1 fully saturated rings. The molecule has 0 radical (unpaired) electrons. The van der Waals surface area contributed by atoms with E-state index in [-0.39, 0.29) is 22.4 Å². The average Bonchev–Trinajstić information content (AvgIpc) is 2.93. The van der Waals surface area contributed by atoms with Gasteiger partial charge in [-0.3, -0.25) is 0 Å². The second-order valence-corrected chi connectivity index (χ2v) is 7.95. The molecule has 0 spiro atoms. The van der Waals surface area contributed by atoms with Crippen LogP contribution >= 0.6 is 0 Å². The maximum atomic E-state index is 13.0. The number of benzene rings is 3. The molecular weight excluding hydrogens is 460 g/mol. The summed E-state index contributed by atoms with van der Waals surface area (Å²) in [5.74, 6) is -2.02. The Balaban J connectivity index is 1.67. The fourth-order valence-electron chi connectivity index (χ4n) is 3.72. The maximum absolute atomic E-state index is 13.0. The summed E-state index contributed by atoms with van der Waals surface area (Å²) in [7, 11) is 0. The fourth-order valence-corrected chi connectivity index (χ4v) is 3.72. The summed E-state index contributed by atoms with van der Waals surface area (Å²) in [5.41, 5.74) is 0.837. The summed E-state index contributed by atoms with van der Waals surface area (Å²) in [6, 6.07) is 24.9. The zero-order valence-electron chi connectivity index (χ0n) is 19.3. The normalized spacial score (nSPS) is 20.9. The number of carbonyl (C=O) groups is 3. The molecule has 3 aromatic carbocycles. The van der Waals surface area contributed by atoms with Crippen LogP contribution in [0.5, 0.6) is 0 Å². The number of esters is 3. The third kappa shape index (κ3) is 5.52. The van der Waals surface area contributed by atoms with Gasteiger partial charge in [0.25, 0.3) is 0 Å². The Kier molecular flexibility index (Phi) is 7.60. The molecule has 7 heteroatoms. The molecule has 0 N–H and O–H groups in total. The molecule has 0 unspecified atom stereocenters. The Morgan fingerprint density at radius 3 is 1.44 bits per heavy atom. The largest absolute Gasteiger partial charge is 0.483 e. The van der Waals surface area contributed by atoms with Crippen LogP contribution in [0.2, 0.25) is 0 Å². The highest BCUT2D eigenvalue weighted by Gasteiger charge is 2.49. The second kappa shape index (κ2) is 11.2. The van der Waals surface area contributed by atoms with Gasteiger partial charge in [-0.05, 0) is 42.5 Å². The predicted octanol–water partition coefficient (Wildman–Crippen LogP) is 4.76. The van der Waals surface area contributed by atoms with Gasteiger partial charge in [-0.1, -0.05) is 67.8 Å². The van der Waals surface area contributed by atoms with Gasteiger partial charge in [0.15, 0.2) is 24.4 Å². The van der Waals surface area contributed by atoms with Crippen LogP contribution < -0.4 is 0 Å². The van der Waals surface area contributed by atoms with E-state index in [1.54, 1.807) is 91.0 Å². The Morgan fingerprint density at radius 1 is 0.639 bits per heavy atom. The van der Waals surface area contributed by atoms with Gasteiger partial charge in [-0.2, -0.15) is 0 Å². The summed E-state index contributed by atoms with van der Waals surface area (Å²) < 4.78 is 23.0. The quantitative estimate of drug-likeness (QED) is 0.271. The molecule has 0 amide bonds. The molecule has 1 aliphatic heterocycles. The van der Waals surface area contributed by atoms with Crippen molar-refractivity contribution in [1.82, 2.24) is 0 Å². The smallest absolute Gasteiger partial charge is 0.338 e. The minimum Gasteiger partial charge on any atom is -0.483 e. The summed E-state index contributed by atoms with van der Waals surface area (Å²) in [6.07, 6.45) is -3.20. The van der Waals surface area contributed by atoms with Crippen molar-refractivity contribution in [1.29, 1.82) is 0 Å². The predicted molar refractivity (Wildman–Crippen MR) is 131 cm³/mol. The Bertz CT molecular complexity index is 1240. The SMILES string of the molecule is C=C[C@@H]1OC(=C)[C@@H](OC(=O)c2ccccc2)[C@H](OC(=O)c2ccccc2)[C@H]1OC(=O)c1ccccc1. The molecule has 36 heavy (non-hydrogen) atoms. The van der Waals surface area contributed by atoms with Crippen molar-refractivity contribution in [3.8, 4) is 0 Å². The average molecular weight is 485 g/mol. The minimum absolute atomic E-state index is 0.0297. The highest BCUT2D eigenvalue weighted by molar-refractivity contribution is 5.91. The lowest BCUT2D eigenvalue weighted by Gasteiger charge is -2.41. The molecule has 4 atom stereocenters. The van der Waals surface area contributed by atoms with Gasteiger partial charge in [-0.15, -0.1) is 0 Å². The Labute approximate surface area is 208 Å². The van der Waals surface area contributed by atoms with E-state index < -0.39 is 42.3 Å². The third-order valence-corrected chi connectivity index (χ3v) is 5.53. The van der Waals surface area contributed by atoms with Gasteiger partial charge < -0.3 is 18.9 Å². The summed E-state index contributed by atoms with van der Waals surface area (Å²) in [4.78, 5) is 38.8. The molecule has 3 aromatic rings. The van der Waals surface area contributed by atoms with Crippen molar-refractivity contribution in [2.24, 2.45) is 0 Å². The molecule has 182 valence electrons. The van der Waals surface area contributed by atoms with Crippen LogP contribution in [0.3, 0.4) is 0 Å². The van der Waals surface area contributed by atoms with Crippen LogP contribution in [0.15, 0.2) is 116 Å². The number of carbonyl (C=O) groups excluding carboxylic acids is 3. The fraction of sp³-hybridized carbons (Fsp3) is 0.138. The van der Waals surface area contributed by atoms with Crippen molar-refractivity contribution in [2.75, 3.05) is 0 Å². The van der Waals surface area contributed by atoms with Crippen LogP contribution in [0.1, 0.15) is 31.1 Å². The van der Waals surface area contributed by atoms with Crippen molar-refractivity contribution in [2.45, 2.75) is 24.4 Å². The maximum Gasteiger partial charge on any atom is 0.338 e. The molecule has 7 nitrogen and oxygen atoms in total. The minimum atomic E-state index is -1.26. The van der Waals surface area contributed by atoms with Gasteiger partial charge in [0.1, 0.15) is 5.76 Å². The van der Waals surface area contributed by atoms with Crippen molar-refractivity contribution >= 4 is 17.9 Å². The van der Waals surface area contributed by atoms with Crippen LogP contribution in [0.25, 0.3) is 0 Å². The number of hydrogen-bond donors (Lipinski definition) is 0. The number of rotatable bonds is 7. The highest BCUT2D eigenvalue weighted by atomic mass is 16.6. The summed E-state index contributed by atoms with van der Waals surface area (Å²) in [5, 5.41) is 0. The van der Waals surface area contributed by atoms with Crippen LogP contribution in [-0.4, -0.2) is 42.3 Å². The number of ether oxygens (including phenoxy) is 4. The van der Waals surface area contributed by atoms with E-state index in [0.29, 0.717) is 0 Å². The molecule has 0 aromatic heterocycles. The molecular formula is C29H24O7. The van der Waals surface area contributed by atoms with Crippen molar-refractivity contribution in [3.63, 3.8) is 0 Å². The molecule has 1 aliphatic rings. The van der Waals surface area contributed by atoms with Gasteiger partial charge >= 0.3 is 17.9 Å². The van der Waals surface area contributed by atoms with Crippen molar-refractivity contribution < 1.29 is 33.3 Å². The van der Waals surface area contributed by atoms with Crippen molar-refractivity contribution in [3.05, 3.63) is 133 Å². The first-order valence-corrected chi connectivity index (χ1v) is 11.2. The van der Waals surface area contributed by atoms with Gasteiger partial charge in [0, 0.05) is 0 Å². The first-order valence-electron chi connectivity index (χ1n) is 11.2. The summed E-state index contributed by atoms with van der Waals surface area (Å²) >= 11 is 0. The lowest BCUT2D eigenvalue weighted by Crippen LogP contribution is -2.56. The van der Waals surface area contributed by atoms with Crippen LogP contribution in [0.4, 0.5) is 0 Å². The lowest BCUT2D eigenvalue weighted by molar-refractivity contribution is -0.150. The van der Waals surface area contributed by atoms with E-state index in [0.717, 1.165) is 0 Å². The highest BCUT2D eigenvalue weighted by Crippen LogP contribution is 2.32. The summed E-state index contributed by atoms with van der Waals surface area (Å²) in [6.45, 7) is 7.61. The molecule has 0 saturated carbocycles. The lowest BCUT2D eigenvalue weighted by atomic mass is 9.97. The Hall–Kier alpha value is -4.65. The first-order chi connectivity index (χ1) is 17.5. The van der Waals surface area contributed by atoms with E-state index in [9.17, 15) is 14.4 Å². The molecule has 0 aliphatic carbocycles. The topological polar surface area (TPSA) is 88.1 Å². The van der Waals surface area contributed by atoms with Gasteiger partial charge in [-0.25, -0.2) is 14.4 Å².